The molecule has 1 aliphatic rings. The summed E-state index contributed by atoms with van der Waals surface area (Å²) >= 11 is 0. The SMILES string of the molecule is COc1ccc(F)cc1C(C(=O)O)N1CCN(c2nccnc2C#N)CC1. The Bertz CT molecular complexity index is 878. The Morgan fingerprint density at radius 2 is 2.00 bits per heavy atom. The molecular weight excluding hydrogens is 353 g/mol. The van der Waals surface area contributed by atoms with Crippen LogP contribution in [0, 0.1) is 17.1 Å². The summed E-state index contributed by atoms with van der Waals surface area (Å²) in [7, 11) is 1.42. The van der Waals surface area contributed by atoms with Gasteiger partial charge in [0, 0.05) is 44.1 Å². The number of carboxylic acid groups (broad SMARTS) is 1. The summed E-state index contributed by atoms with van der Waals surface area (Å²) in [5.41, 5.74) is 0.503. The smallest absolute Gasteiger partial charge is 0.325 e. The predicted molar refractivity (Wildman–Crippen MR) is 93.9 cm³/mol. The van der Waals surface area contributed by atoms with Crippen LogP contribution >= 0.6 is 0 Å². The van der Waals surface area contributed by atoms with E-state index in [4.69, 9.17) is 4.74 Å². The number of aliphatic carboxylic acids is 1. The molecule has 140 valence electrons. The number of anilines is 1. The summed E-state index contributed by atoms with van der Waals surface area (Å²) in [5.74, 6) is -0.791. The van der Waals surface area contributed by atoms with E-state index in [-0.39, 0.29) is 11.3 Å². The van der Waals surface area contributed by atoms with E-state index in [1.54, 1.807) is 4.90 Å². The van der Waals surface area contributed by atoms with Crippen molar-refractivity contribution in [3.05, 3.63) is 47.7 Å². The highest BCUT2D eigenvalue weighted by atomic mass is 19.1. The third-order valence-corrected chi connectivity index (χ3v) is 4.48. The molecule has 1 aromatic carbocycles. The number of nitrogens with zero attached hydrogens (tertiary/aromatic N) is 5. The fraction of sp³-hybridized carbons (Fsp3) is 0.333. The number of hydrogen-bond donors (Lipinski definition) is 1. The lowest BCUT2D eigenvalue weighted by atomic mass is 10.0. The van der Waals surface area contributed by atoms with Gasteiger partial charge in [-0.1, -0.05) is 0 Å². The third kappa shape index (κ3) is 3.80. The zero-order chi connectivity index (χ0) is 19.4. The molecule has 1 fully saturated rings. The van der Waals surface area contributed by atoms with Gasteiger partial charge >= 0.3 is 5.97 Å². The quantitative estimate of drug-likeness (QED) is 0.842. The van der Waals surface area contributed by atoms with Gasteiger partial charge in [-0.05, 0) is 18.2 Å². The maximum absolute atomic E-state index is 13.7. The van der Waals surface area contributed by atoms with Gasteiger partial charge < -0.3 is 14.7 Å². The van der Waals surface area contributed by atoms with Gasteiger partial charge in [0.1, 0.15) is 23.7 Å². The van der Waals surface area contributed by atoms with Crippen molar-refractivity contribution in [2.24, 2.45) is 0 Å². The second kappa shape index (κ2) is 7.97. The van der Waals surface area contributed by atoms with Crippen molar-refractivity contribution in [3.8, 4) is 11.8 Å². The van der Waals surface area contributed by atoms with Crippen LogP contribution in [0.25, 0.3) is 0 Å². The molecule has 0 spiro atoms. The molecule has 1 aromatic heterocycles. The Kier molecular flexibility index (Phi) is 5.47. The number of halogens is 1. The summed E-state index contributed by atoms with van der Waals surface area (Å²) < 4.78 is 18.9. The lowest BCUT2D eigenvalue weighted by Crippen LogP contribution is -2.49. The van der Waals surface area contributed by atoms with Gasteiger partial charge in [-0.2, -0.15) is 5.26 Å². The highest BCUT2D eigenvalue weighted by molar-refractivity contribution is 5.77. The minimum atomic E-state index is -1.08. The Morgan fingerprint density at radius 1 is 1.30 bits per heavy atom. The molecule has 27 heavy (non-hydrogen) atoms. The first-order valence-electron chi connectivity index (χ1n) is 8.31. The fourth-order valence-corrected chi connectivity index (χ4v) is 3.24. The van der Waals surface area contributed by atoms with Crippen LogP contribution in [-0.2, 0) is 4.79 Å². The van der Waals surface area contributed by atoms with E-state index in [9.17, 15) is 19.6 Å². The van der Waals surface area contributed by atoms with E-state index in [0.717, 1.165) is 0 Å². The van der Waals surface area contributed by atoms with Crippen molar-refractivity contribution >= 4 is 11.8 Å². The molecule has 0 saturated carbocycles. The Morgan fingerprint density at radius 3 is 2.63 bits per heavy atom. The Labute approximate surface area is 155 Å². The van der Waals surface area contributed by atoms with Gasteiger partial charge in [0.25, 0.3) is 0 Å². The number of ether oxygens (including phenoxy) is 1. The largest absolute Gasteiger partial charge is 0.496 e. The number of hydrogen-bond acceptors (Lipinski definition) is 7. The van der Waals surface area contributed by atoms with Crippen molar-refractivity contribution in [1.29, 1.82) is 5.26 Å². The van der Waals surface area contributed by atoms with E-state index >= 15 is 0 Å². The first-order chi connectivity index (χ1) is 13.0. The topological polar surface area (TPSA) is 103 Å². The van der Waals surface area contributed by atoms with Crippen molar-refractivity contribution in [2.45, 2.75) is 6.04 Å². The van der Waals surface area contributed by atoms with E-state index in [2.05, 4.69) is 9.97 Å². The maximum Gasteiger partial charge on any atom is 0.325 e. The van der Waals surface area contributed by atoms with Crippen LogP contribution in [0.15, 0.2) is 30.6 Å². The highest BCUT2D eigenvalue weighted by Crippen LogP contribution is 2.31. The van der Waals surface area contributed by atoms with Crippen LogP contribution in [-0.4, -0.2) is 59.2 Å². The van der Waals surface area contributed by atoms with Crippen LogP contribution in [0.4, 0.5) is 10.2 Å². The third-order valence-electron chi connectivity index (χ3n) is 4.48. The molecule has 0 bridgehead atoms. The van der Waals surface area contributed by atoms with E-state index in [1.807, 2.05) is 11.0 Å². The van der Waals surface area contributed by atoms with Crippen LogP contribution in [0.1, 0.15) is 17.3 Å². The minimum absolute atomic E-state index is 0.229. The molecule has 0 radical (unpaired) electrons. The molecule has 1 saturated heterocycles. The first kappa shape index (κ1) is 18.5. The predicted octanol–water partition coefficient (Wildman–Crippen LogP) is 1.44. The molecule has 1 aliphatic heterocycles. The maximum atomic E-state index is 13.7. The summed E-state index contributed by atoms with van der Waals surface area (Å²) in [6.45, 7) is 1.74. The average molecular weight is 371 g/mol. The molecule has 2 heterocycles. The zero-order valence-electron chi connectivity index (χ0n) is 14.7. The summed E-state index contributed by atoms with van der Waals surface area (Å²) in [4.78, 5) is 23.8. The second-order valence-electron chi connectivity index (χ2n) is 5.99. The first-order valence-corrected chi connectivity index (χ1v) is 8.31. The van der Waals surface area contributed by atoms with Crippen LogP contribution in [0.2, 0.25) is 0 Å². The number of piperazine rings is 1. The Balaban J connectivity index is 1.82. The molecular formula is C18H18FN5O3. The number of benzene rings is 1. The number of carboxylic acids is 1. The van der Waals surface area contributed by atoms with E-state index in [0.29, 0.717) is 37.7 Å². The fourth-order valence-electron chi connectivity index (χ4n) is 3.24. The lowest BCUT2D eigenvalue weighted by molar-refractivity contribution is -0.143. The van der Waals surface area contributed by atoms with Crippen LogP contribution in [0.5, 0.6) is 5.75 Å². The van der Waals surface area contributed by atoms with Crippen LogP contribution in [0.3, 0.4) is 0 Å². The molecule has 3 rings (SSSR count). The number of rotatable bonds is 5. The molecule has 1 unspecified atom stereocenters. The van der Waals surface area contributed by atoms with Gasteiger partial charge in [-0.15, -0.1) is 0 Å². The monoisotopic (exact) mass is 371 g/mol. The molecule has 1 atom stereocenters. The van der Waals surface area contributed by atoms with Crippen molar-refractivity contribution in [3.63, 3.8) is 0 Å². The zero-order valence-corrected chi connectivity index (χ0v) is 14.7. The van der Waals surface area contributed by atoms with E-state index in [1.165, 1.54) is 37.7 Å². The number of methoxy groups -OCH3 is 1. The highest BCUT2D eigenvalue weighted by Gasteiger charge is 2.33. The van der Waals surface area contributed by atoms with E-state index < -0.39 is 17.8 Å². The number of carbonyl (C=O) groups is 1. The number of aromatic nitrogens is 2. The molecule has 9 heteroatoms. The number of nitriles is 1. The lowest BCUT2D eigenvalue weighted by Gasteiger charge is -2.38. The molecule has 8 nitrogen and oxygen atoms in total. The van der Waals surface area contributed by atoms with Crippen LogP contribution < -0.4 is 9.64 Å². The molecule has 0 aliphatic carbocycles. The normalized spacial score (nSPS) is 15.8. The van der Waals surface area contributed by atoms with Gasteiger partial charge in [0.2, 0.25) is 0 Å². The second-order valence-corrected chi connectivity index (χ2v) is 5.99. The summed E-state index contributed by atoms with van der Waals surface area (Å²) in [5, 5.41) is 18.9. The van der Waals surface area contributed by atoms with Gasteiger partial charge in [-0.25, -0.2) is 14.4 Å². The van der Waals surface area contributed by atoms with Gasteiger partial charge in [0.15, 0.2) is 11.5 Å². The Hall–Kier alpha value is -3.25. The van der Waals surface area contributed by atoms with Crippen molar-refractivity contribution < 1.29 is 19.0 Å². The van der Waals surface area contributed by atoms with Crippen molar-refractivity contribution in [2.75, 3.05) is 38.2 Å². The summed E-state index contributed by atoms with van der Waals surface area (Å²) in [6, 6.07) is 4.83. The van der Waals surface area contributed by atoms with Crippen molar-refractivity contribution in [1.82, 2.24) is 14.9 Å². The summed E-state index contributed by atoms with van der Waals surface area (Å²) in [6.07, 6.45) is 2.97. The van der Waals surface area contributed by atoms with Gasteiger partial charge in [-0.3, -0.25) is 9.69 Å². The van der Waals surface area contributed by atoms with Gasteiger partial charge in [0.05, 0.1) is 7.11 Å². The average Bonchev–Trinajstić information content (AvgIpc) is 2.68. The standard InChI is InChI=1S/C18H18FN5O3/c1-27-15-3-2-12(19)10-13(15)16(18(25)26)23-6-8-24(9-7-23)17-14(11-20)21-4-5-22-17/h2-5,10,16H,6-9H2,1H3,(H,25,26). The molecule has 1 N–H and O–H groups in total. The minimum Gasteiger partial charge on any atom is -0.496 e. The molecule has 0 amide bonds. The molecule has 2 aromatic rings.